The van der Waals surface area contributed by atoms with Gasteiger partial charge in [0.15, 0.2) is 11.5 Å². The fourth-order valence-electron chi connectivity index (χ4n) is 1.70. The molecule has 0 saturated carbocycles. The van der Waals surface area contributed by atoms with Gasteiger partial charge in [0.1, 0.15) is 0 Å². The Hall–Kier alpha value is -2.43. The third-order valence-corrected chi connectivity index (χ3v) is 2.55. The first-order valence-corrected chi connectivity index (χ1v) is 5.25. The quantitative estimate of drug-likeness (QED) is 0.626. The third-order valence-electron chi connectivity index (χ3n) is 2.55. The summed E-state index contributed by atoms with van der Waals surface area (Å²) in [7, 11) is 0. The van der Waals surface area contributed by atoms with Crippen molar-refractivity contribution in [3.63, 3.8) is 0 Å². The van der Waals surface area contributed by atoms with Gasteiger partial charge in [0.05, 0.1) is 0 Å². The monoisotopic (exact) mass is 226 g/mol. The molecule has 0 saturated heterocycles. The molecule has 0 aliphatic carbocycles. The van der Waals surface area contributed by atoms with Crippen LogP contribution in [-0.4, -0.2) is 19.2 Å². The summed E-state index contributed by atoms with van der Waals surface area (Å²) in [5, 5.41) is 4.25. The van der Waals surface area contributed by atoms with Gasteiger partial charge < -0.3 is 0 Å². The van der Waals surface area contributed by atoms with Crippen LogP contribution in [0.5, 0.6) is 0 Å². The summed E-state index contributed by atoms with van der Waals surface area (Å²) in [6, 6.07) is 9.11. The minimum Gasteiger partial charge on any atom is -0.250 e. The molecule has 3 heterocycles. The molecule has 84 valence electrons. The highest BCUT2D eigenvalue weighted by Crippen LogP contribution is 2.04. The van der Waals surface area contributed by atoms with Crippen LogP contribution < -0.4 is 5.69 Å². The van der Waals surface area contributed by atoms with Gasteiger partial charge in [-0.1, -0.05) is 6.07 Å². The summed E-state index contributed by atoms with van der Waals surface area (Å²) in [6.07, 6.45) is 3.36. The lowest BCUT2D eigenvalue weighted by Gasteiger charge is -1.94. The van der Waals surface area contributed by atoms with E-state index < -0.39 is 0 Å². The molecule has 3 aromatic heterocycles. The average molecular weight is 226 g/mol. The summed E-state index contributed by atoms with van der Waals surface area (Å²) in [5.74, 6) is 0.527. The minimum atomic E-state index is -0.210. The van der Waals surface area contributed by atoms with Crippen LogP contribution in [0.2, 0.25) is 0 Å². The maximum Gasteiger partial charge on any atom is 0.356 e. The predicted molar refractivity (Wildman–Crippen MR) is 63.3 cm³/mol. The molecular weight excluding hydrogens is 216 g/mol. The van der Waals surface area contributed by atoms with E-state index in [2.05, 4.69) is 10.1 Å². The molecule has 5 nitrogen and oxygen atoms in total. The molecule has 0 aromatic carbocycles. The Balaban J connectivity index is 2.32. The molecule has 0 spiro atoms. The zero-order valence-electron chi connectivity index (χ0n) is 9.24. The van der Waals surface area contributed by atoms with Crippen molar-refractivity contribution in [3.05, 3.63) is 58.8 Å². The highest BCUT2D eigenvalue weighted by molar-refractivity contribution is 5.40. The lowest BCUT2D eigenvalue weighted by atomic mass is 10.3. The van der Waals surface area contributed by atoms with Crippen LogP contribution in [0, 0.1) is 6.92 Å². The van der Waals surface area contributed by atoms with Crippen LogP contribution in [0.25, 0.3) is 11.5 Å². The second-order valence-electron chi connectivity index (χ2n) is 3.81. The van der Waals surface area contributed by atoms with Crippen LogP contribution in [-0.2, 0) is 0 Å². The fraction of sp³-hybridized carbons (Fsp3) is 0.0833. The second-order valence-corrected chi connectivity index (χ2v) is 3.81. The van der Waals surface area contributed by atoms with Gasteiger partial charge in [-0.25, -0.2) is 14.2 Å². The standard InChI is InChI=1S/C12H10N4O/c1-9-5-7-15-11(8-9)14-16(12(15)17)10-4-2-3-6-13-10/h2-8H,1H3. The number of hydrogen-bond donors (Lipinski definition) is 0. The molecule has 0 unspecified atom stereocenters. The van der Waals surface area contributed by atoms with Gasteiger partial charge in [-0.3, -0.25) is 0 Å². The SMILES string of the molecule is Cc1ccn2c(=O)n(-c3ccccn3)nc2c1. The summed E-state index contributed by atoms with van der Waals surface area (Å²) < 4.78 is 2.80. The minimum absolute atomic E-state index is 0.210. The number of fused-ring (bicyclic) bond motifs is 1. The zero-order valence-corrected chi connectivity index (χ0v) is 9.24. The highest BCUT2D eigenvalue weighted by atomic mass is 16.2. The maximum absolute atomic E-state index is 12.1. The number of pyridine rings is 2. The molecule has 0 radical (unpaired) electrons. The molecule has 17 heavy (non-hydrogen) atoms. The zero-order chi connectivity index (χ0) is 11.8. The van der Waals surface area contributed by atoms with Crippen molar-refractivity contribution in [1.29, 1.82) is 0 Å². The Kier molecular flexibility index (Phi) is 2.04. The van der Waals surface area contributed by atoms with Gasteiger partial charge in [0.25, 0.3) is 0 Å². The van der Waals surface area contributed by atoms with Crippen molar-refractivity contribution >= 4 is 5.65 Å². The first-order valence-electron chi connectivity index (χ1n) is 5.25. The van der Waals surface area contributed by atoms with Gasteiger partial charge in [0.2, 0.25) is 0 Å². The Morgan fingerprint density at radius 1 is 1.24 bits per heavy atom. The molecule has 0 atom stereocenters. The first kappa shape index (κ1) is 9.77. The predicted octanol–water partition coefficient (Wildman–Crippen LogP) is 1.19. The van der Waals surface area contributed by atoms with Gasteiger partial charge in [0, 0.05) is 12.4 Å². The Bertz CT molecular complexity index is 727. The maximum atomic E-state index is 12.1. The van der Waals surface area contributed by atoms with Gasteiger partial charge >= 0.3 is 5.69 Å². The molecule has 0 bridgehead atoms. The summed E-state index contributed by atoms with van der Waals surface area (Å²) >= 11 is 0. The molecular formula is C12H10N4O. The lowest BCUT2D eigenvalue weighted by Crippen LogP contribution is -2.20. The van der Waals surface area contributed by atoms with Crippen molar-refractivity contribution in [2.45, 2.75) is 6.92 Å². The molecule has 0 fully saturated rings. The molecule has 3 rings (SSSR count). The molecule has 0 amide bonds. The molecule has 0 N–H and O–H groups in total. The first-order chi connectivity index (χ1) is 8.25. The highest BCUT2D eigenvalue weighted by Gasteiger charge is 2.08. The number of hydrogen-bond acceptors (Lipinski definition) is 3. The van der Waals surface area contributed by atoms with Crippen LogP contribution in [0.1, 0.15) is 5.56 Å². The van der Waals surface area contributed by atoms with E-state index in [-0.39, 0.29) is 5.69 Å². The van der Waals surface area contributed by atoms with E-state index in [1.165, 1.54) is 9.08 Å². The van der Waals surface area contributed by atoms with Crippen molar-refractivity contribution in [2.75, 3.05) is 0 Å². The van der Waals surface area contributed by atoms with Crippen molar-refractivity contribution in [2.24, 2.45) is 0 Å². The molecule has 0 aliphatic heterocycles. The topological polar surface area (TPSA) is 52.2 Å². The summed E-state index contributed by atoms with van der Waals surface area (Å²) in [6.45, 7) is 1.96. The Morgan fingerprint density at radius 3 is 2.88 bits per heavy atom. The van der Waals surface area contributed by atoms with Gasteiger partial charge in [-0.05, 0) is 36.8 Å². The van der Waals surface area contributed by atoms with Crippen molar-refractivity contribution < 1.29 is 0 Å². The number of aryl methyl sites for hydroxylation is 1. The summed E-state index contributed by atoms with van der Waals surface area (Å²) in [5.41, 5.74) is 1.48. The number of aromatic nitrogens is 4. The van der Waals surface area contributed by atoms with E-state index in [9.17, 15) is 4.79 Å². The normalized spacial score (nSPS) is 10.9. The Labute approximate surface area is 97.0 Å². The molecule has 5 heteroatoms. The Morgan fingerprint density at radius 2 is 2.12 bits per heavy atom. The van der Waals surface area contributed by atoms with Gasteiger partial charge in [-0.15, -0.1) is 5.10 Å². The van der Waals surface area contributed by atoms with Crippen LogP contribution in [0.3, 0.4) is 0 Å². The van der Waals surface area contributed by atoms with E-state index in [0.29, 0.717) is 11.5 Å². The molecule has 0 aliphatic rings. The summed E-state index contributed by atoms with van der Waals surface area (Å²) in [4.78, 5) is 16.2. The fourth-order valence-corrected chi connectivity index (χ4v) is 1.70. The van der Waals surface area contributed by atoms with E-state index in [0.717, 1.165) is 5.56 Å². The van der Waals surface area contributed by atoms with Crippen LogP contribution in [0.15, 0.2) is 47.5 Å². The third kappa shape index (κ3) is 1.52. The van der Waals surface area contributed by atoms with Crippen molar-refractivity contribution in [1.82, 2.24) is 19.2 Å². The number of rotatable bonds is 1. The van der Waals surface area contributed by atoms with Crippen molar-refractivity contribution in [3.8, 4) is 5.82 Å². The van der Waals surface area contributed by atoms with Crippen LogP contribution in [0.4, 0.5) is 0 Å². The van der Waals surface area contributed by atoms with E-state index in [1.54, 1.807) is 24.5 Å². The van der Waals surface area contributed by atoms with E-state index >= 15 is 0 Å². The second kappa shape index (κ2) is 3.55. The average Bonchev–Trinajstić information content (AvgIpc) is 2.67. The number of nitrogens with zero attached hydrogens (tertiary/aromatic N) is 4. The van der Waals surface area contributed by atoms with E-state index in [1.807, 2.05) is 25.1 Å². The smallest absolute Gasteiger partial charge is 0.250 e. The molecule has 3 aromatic rings. The largest absolute Gasteiger partial charge is 0.356 e. The van der Waals surface area contributed by atoms with Gasteiger partial charge in [-0.2, -0.15) is 4.68 Å². The van der Waals surface area contributed by atoms with Crippen LogP contribution >= 0.6 is 0 Å². The van der Waals surface area contributed by atoms with E-state index in [4.69, 9.17) is 0 Å². The lowest BCUT2D eigenvalue weighted by molar-refractivity contribution is 0.810.